The summed E-state index contributed by atoms with van der Waals surface area (Å²) in [6.07, 6.45) is 0. The molecule has 1 heterocycles. The normalized spacial score (nSPS) is 16.6. The first-order valence-corrected chi connectivity index (χ1v) is 7.75. The topological polar surface area (TPSA) is 47.9 Å². The minimum atomic E-state index is -0.675. The number of ether oxygens (including phenoxy) is 2. The third-order valence-corrected chi connectivity index (χ3v) is 3.69. The number of rotatable bonds is 4. The van der Waals surface area contributed by atoms with Crippen LogP contribution in [-0.4, -0.2) is 24.5 Å². The van der Waals surface area contributed by atoms with Crippen molar-refractivity contribution < 1.29 is 14.3 Å². The lowest BCUT2D eigenvalue weighted by atomic mass is 10.2. The minimum absolute atomic E-state index is 0.146. The molecule has 0 fully saturated rings. The van der Waals surface area contributed by atoms with Crippen LogP contribution in [0.3, 0.4) is 0 Å². The molecule has 0 N–H and O–H groups in total. The first kappa shape index (κ1) is 15.8. The molecule has 1 aliphatic rings. The summed E-state index contributed by atoms with van der Waals surface area (Å²) in [5.74, 6) is -0.0759. The van der Waals surface area contributed by atoms with Crippen molar-refractivity contribution in [3.05, 3.63) is 69.7 Å². The van der Waals surface area contributed by atoms with Gasteiger partial charge in [-0.1, -0.05) is 53.5 Å². The van der Waals surface area contributed by atoms with E-state index in [1.54, 1.807) is 18.2 Å². The highest BCUT2D eigenvalue weighted by Crippen LogP contribution is 2.22. The predicted molar refractivity (Wildman–Crippen MR) is 89.0 cm³/mol. The second kappa shape index (κ2) is 7.02. The fraction of sp³-hybridized carbons (Fsp3) is 0.176. The molecule has 2 aromatic carbocycles. The van der Waals surface area contributed by atoms with Crippen molar-refractivity contribution in [1.82, 2.24) is 0 Å². The molecule has 0 saturated carbocycles. The fourth-order valence-electron chi connectivity index (χ4n) is 2.15. The van der Waals surface area contributed by atoms with Crippen molar-refractivity contribution in [3.8, 4) is 0 Å². The van der Waals surface area contributed by atoms with E-state index in [1.807, 2.05) is 30.3 Å². The molecule has 6 heteroatoms. The Morgan fingerprint density at radius 1 is 1.17 bits per heavy atom. The van der Waals surface area contributed by atoms with Crippen LogP contribution >= 0.6 is 23.2 Å². The van der Waals surface area contributed by atoms with Gasteiger partial charge in [-0.25, -0.2) is 9.79 Å². The van der Waals surface area contributed by atoms with Gasteiger partial charge in [-0.3, -0.25) is 0 Å². The number of hydrogen-bond donors (Lipinski definition) is 0. The maximum Gasteiger partial charge on any atom is 0.334 e. The van der Waals surface area contributed by atoms with Crippen molar-refractivity contribution in [2.45, 2.75) is 12.6 Å². The molecule has 3 rings (SSSR count). The third-order valence-electron chi connectivity index (χ3n) is 3.26. The lowest BCUT2D eigenvalue weighted by molar-refractivity contribution is -0.146. The van der Waals surface area contributed by atoms with Crippen LogP contribution in [-0.2, 0) is 20.9 Å². The van der Waals surface area contributed by atoms with E-state index in [4.69, 9.17) is 32.7 Å². The zero-order chi connectivity index (χ0) is 16.2. The van der Waals surface area contributed by atoms with E-state index in [0.29, 0.717) is 21.5 Å². The number of carbonyl (C=O) groups is 1. The first-order valence-electron chi connectivity index (χ1n) is 6.99. The molecule has 2 aromatic rings. The van der Waals surface area contributed by atoms with Crippen LogP contribution in [0.5, 0.6) is 0 Å². The molecule has 118 valence electrons. The third kappa shape index (κ3) is 4.03. The summed E-state index contributed by atoms with van der Waals surface area (Å²) in [5.41, 5.74) is 1.56. The molecule has 0 aliphatic carbocycles. The molecular formula is C17H13Cl2NO3. The summed E-state index contributed by atoms with van der Waals surface area (Å²) in [5, 5.41) is 0.961. The van der Waals surface area contributed by atoms with Crippen molar-refractivity contribution in [2.75, 3.05) is 6.61 Å². The molecule has 1 atom stereocenters. The van der Waals surface area contributed by atoms with Gasteiger partial charge in [0.25, 0.3) is 0 Å². The van der Waals surface area contributed by atoms with E-state index in [0.717, 1.165) is 5.56 Å². The van der Waals surface area contributed by atoms with Gasteiger partial charge in [0.1, 0.15) is 13.2 Å². The summed E-state index contributed by atoms with van der Waals surface area (Å²) >= 11 is 11.9. The smallest absolute Gasteiger partial charge is 0.334 e. The van der Waals surface area contributed by atoms with Crippen molar-refractivity contribution in [1.29, 1.82) is 0 Å². The second-order valence-electron chi connectivity index (χ2n) is 5.01. The largest absolute Gasteiger partial charge is 0.475 e. The van der Waals surface area contributed by atoms with E-state index in [1.165, 1.54) is 0 Å². The quantitative estimate of drug-likeness (QED) is 0.787. The molecule has 0 amide bonds. The molecule has 23 heavy (non-hydrogen) atoms. The Balaban J connectivity index is 1.65. The van der Waals surface area contributed by atoms with Crippen LogP contribution in [0, 0.1) is 0 Å². The Morgan fingerprint density at radius 3 is 2.57 bits per heavy atom. The van der Waals surface area contributed by atoms with Crippen molar-refractivity contribution in [3.63, 3.8) is 0 Å². The average Bonchev–Trinajstić information content (AvgIpc) is 3.03. The van der Waals surface area contributed by atoms with E-state index in [2.05, 4.69) is 4.99 Å². The van der Waals surface area contributed by atoms with Gasteiger partial charge in [-0.2, -0.15) is 0 Å². The Labute approximate surface area is 143 Å². The lowest BCUT2D eigenvalue weighted by Gasteiger charge is -2.06. The van der Waals surface area contributed by atoms with E-state index >= 15 is 0 Å². The highest BCUT2D eigenvalue weighted by molar-refractivity contribution is 6.35. The predicted octanol–water partition coefficient (Wildman–Crippen LogP) is 3.88. The summed E-state index contributed by atoms with van der Waals surface area (Å²) in [6, 6.07) is 13.8. The Hall–Kier alpha value is -2.04. The molecule has 0 spiro atoms. The van der Waals surface area contributed by atoms with Crippen molar-refractivity contribution >= 4 is 35.1 Å². The zero-order valence-electron chi connectivity index (χ0n) is 12.0. The first-order chi connectivity index (χ1) is 11.1. The molecule has 4 nitrogen and oxygen atoms in total. The highest BCUT2D eigenvalue weighted by Gasteiger charge is 2.28. The number of hydrogen-bond acceptors (Lipinski definition) is 4. The van der Waals surface area contributed by atoms with Gasteiger partial charge in [0, 0.05) is 15.6 Å². The molecular weight excluding hydrogens is 337 g/mol. The molecule has 0 aromatic heterocycles. The van der Waals surface area contributed by atoms with E-state index in [-0.39, 0.29) is 13.2 Å². The molecule has 1 aliphatic heterocycles. The van der Waals surface area contributed by atoms with Crippen LogP contribution in [0.15, 0.2) is 53.5 Å². The van der Waals surface area contributed by atoms with Gasteiger partial charge >= 0.3 is 5.97 Å². The van der Waals surface area contributed by atoms with E-state index in [9.17, 15) is 4.79 Å². The molecule has 0 saturated heterocycles. The zero-order valence-corrected chi connectivity index (χ0v) is 13.6. The maximum absolute atomic E-state index is 12.1. The van der Waals surface area contributed by atoms with Gasteiger partial charge < -0.3 is 9.47 Å². The van der Waals surface area contributed by atoms with Crippen LogP contribution in [0.4, 0.5) is 0 Å². The number of benzene rings is 2. The van der Waals surface area contributed by atoms with Gasteiger partial charge in [-0.15, -0.1) is 0 Å². The van der Waals surface area contributed by atoms with Gasteiger partial charge in [0.2, 0.25) is 5.90 Å². The van der Waals surface area contributed by atoms with Gasteiger partial charge in [-0.05, 0) is 23.8 Å². The summed E-state index contributed by atoms with van der Waals surface area (Å²) in [4.78, 5) is 16.3. The number of nitrogens with zero attached hydrogens (tertiary/aromatic N) is 1. The van der Waals surface area contributed by atoms with Crippen LogP contribution in [0.25, 0.3) is 0 Å². The fourth-order valence-corrected chi connectivity index (χ4v) is 2.68. The van der Waals surface area contributed by atoms with Crippen molar-refractivity contribution in [2.24, 2.45) is 4.99 Å². The van der Waals surface area contributed by atoms with Crippen LogP contribution in [0.2, 0.25) is 10.0 Å². The number of esters is 1. The lowest BCUT2D eigenvalue weighted by Crippen LogP contribution is -2.22. The average molecular weight is 350 g/mol. The molecule has 0 radical (unpaired) electrons. The molecule has 0 unspecified atom stereocenters. The maximum atomic E-state index is 12.1. The molecule has 0 bridgehead atoms. The summed E-state index contributed by atoms with van der Waals surface area (Å²) in [6.45, 7) is 0.358. The van der Waals surface area contributed by atoms with E-state index < -0.39 is 12.0 Å². The van der Waals surface area contributed by atoms with Gasteiger partial charge in [0.15, 0.2) is 6.04 Å². The Kier molecular flexibility index (Phi) is 4.84. The van der Waals surface area contributed by atoms with Crippen LogP contribution in [0.1, 0.15) is 11.1 Å². The minimum Gasteiger partial charge on any atom is -0.475 e. The summed E-state index contributed by atoms with van der Waals surface area (Å²) in [7, 11) is 0. The Morgan fingerprint density at radius 2 is 1.87 bits per heavy atom. The second-order valence-corrected chi connectivity index (χ2v) is 5.89. The highest BCUT2D eigenvalue weighted by atomic mass is 35.5. The monoisotopic (exact) mass is 349 g/mol. The number of aliphatic imine (C=N–C) groups is 1. The van der Waals surface area contributed by atoms with Crippen LogP contribution < -0.4 is 0 Å². The Bertz CT molecular complexity index is 727. The summed E-state index contributed by atoms with van der Waals surface area (Å²) < 4.78 is 10.7. The SMILES string of the molecule is O=C(OCc1ccccc1)[C@@H]1COC(c2cc(Cl)cc(Cl)c2)=N1. The standard InChI is InChI=1S/C17H13Cl2NO3/c18-13-6-12(7-14(19)8-13)16-20-15(10-22-16)17(21)23-9-11-4-2-1-3-5-11/h1-8,15H,9-10H2/t15-/m0/s1. The number of halogens is 2. The van der Waals surface area contributed by atoms with Gasteiger partial charge in [0.05, 0.1) is 0 Å². The number of carbonyl (C=O) groups excluding carboxylic acids is 1.